The third-order valence-electron chi connectivity index (χ3n) is 6.38. The summed E-state index contributed by atoms with van der Waals surface area (Å²) in [4.78, 5) is 18.9. The van der Waals surface area contributed by atoms with E-state index in [1.165, 1.54) is 4.80 Å². The van der Waals surface area contributed by atoms with Crippen LogP contribution >= 0.6 is 0 Å². The van der Waals surface area contributed by atoms with Crippen LogP contribution in [-0.2, 0) is 23.7 Å². The van der Waals surface area contributed by atoms with Crippen LogP contribution in [0.5, 0.6) is 0 Å². The van der Waals surface area contributed by atoms with Gasteiger partial charge < -0.3 is 5.11 Å². The lowest BCUT2D eigenvalue weighted by atomic mass is 9.59. The van der Waals surface area contributed by atoms with Crippen LogP contribution in [0.4, 0.5) is 0 Å². The third-order valence-corrected chi connectivity index (χ3v) is 6.38. The second kappa shape index (κ2) is 8.09. The average molecular weight is 421 g/mol. The molecule has 0 radical (unpaired) electrons. The highest BCUT2D eigenvalue weighted by atomic mass is 16.2. The number of Topliss-reactive ketones (excluding diaryl/α,β-unsaturated/α-hetero) is 1. The Hall–Kier alpha value is -3.29. The molecule has 1 saturated carbocycles. The smallest absolute Gasteiger partial charge is 0.276 e. The molecule has 5 rings (SSSR count). The van der Waals surface area contributed by atoms with Gasteiger partial charge in [0.15, 0.2) is 5.78 Å². The van der Waals surface area contributed by atoms with Gasteiger partial charge in [-0.1, -0.05) is 56.2 Å². The van der Waals surface area contributed by atoms with E-state index in [0.717, 1.165) is 41.9 Å². The summed E-state index contributed by atoms with van der Waals surface area (Å²) >= 11 is 0. The summed E-state index contributed by atoms with van der Waals surface area (Å²) in [6.07, 6.45) is 3.57. The van der Waals surface area contributed by atoms with Gasteiger partial charge in [-0.15, -0.1) is 5.10 Å². The minimum absolute atomic E-state index is 0.0386. The van der Waals surface area contributed by atoms with E-state index >= 15 is 0 Å². The number of aryl methyl sites for hydroxylation is 1. The van der Waals surface area contributed by atoms with Gasteiger partial charge in [0.2, 0.25) is 0 Å². The van der Waals surface area contributed by atoms with Crippen LogP contribution < -0.4 is 0 Å². The van der Waals surface area contributed by atoms with Gasteiger partial charge in [-0.2, -0.15) is 4.80 Å². The zero-order chi connectivity index (χ0) is 22.2. The van der Waals surface area contributed by atoms with Crippen molar-refractivity contribution in [1.82, 2.24) is 29.8 Å². The topological polar surface area (TPSA) is 98.7 Å². The number of tetrazole rings is 1. The monoisotopic (exact) mass is 420 g/mol. The fraction of sp³-hybridized carbons (Fsp3) is 0.435. The first kappa shape index (κ1) is 21.0. The van der Waals surface area contributed by atoms with Crippen molar-refractivity contribution in [1.29, 1.82) is 0 Å². The number of imidazole rings is 1. The van der Waals surface area contributed by atoms with Gasteiger partial charge in [0.1, 0.15) is 5.82 Å². The first-order valence-corrected chi connectivity index (χ1v) is 10.8. The Morgan fingerprint density at radius 2 is 1.97 bits per heavy atom. The number of aromatic nitrogens is 6. The Labute approximate surface area is 181 Å². The van der Waals surface area contributed by atoms with Gasteiger partial charge in [-0.25, -0.2) is 4.98 Å². The van der Waals surface area contributed by atoms with E-state index in [9.17, 15) is 9.90 Å². The van der Waals surface area contributed by atoms with Crippen molar-refractivity contribution >= 4 is 5.78 Å². The third kappa shape index (κ3) is 3.36. The molecule has 162 valence electrons. The van der Waals surface area contributed by atoms with Crippen molar-refractivity contribution < 1.29 is 9.90 Å². The molecule has 2 aliphatic rings. The lowest BCUT2D eigenvalue weighted by Crippen LogP contribution is -2.43. The molecule has 1 aromatic carbocycles. The average Bonchev–Trinajstić information content (AvgIpc) is 3.40. The normalized spacial score (nSPS) is 23.7. The Morgan fingerprint density at radius 3 is 2.61 bits per heavy atom. The first-order chi connectivity index (χ1) is 15.0. The van der Waals surface area contributed by atoms with E-state index in [2.05, 4.69) is 22.3 Å². The lowest BCUT2D eigenvalue weighted by molar-refractivity contribution is -0.119. The molecule has 1 N–H and O–H groups in total. The molecule has 0 aliphatic heterocycles. The molecule has 2 heterocycles. The molecule has 8 nitrogen and oxygen atoms in total. The molecule has 8 heteroatoms. The van der Waals surface area contributed by atoms with Crippen molar-refractivity contribution in [2.45, 2.75) is 51.9 Å². The lowest BCUT2D eigenvalue weighted by Gasteiger charge is -2.44. The van der Waals surface area contributed by atoms with Crippen LogP contribution in [0.1, 0.15) is 51.4 Å². The minimum Gasteiger partial charge on any atom is -0.515 e. The van der Waals surface area contributed by atoms with Gasteiger partial charge in [-0.05, 0) is 30.4 Å². The molecule has 0 bridgehead atoms. The minimum atomic E-state index is -0.326. The van der Waals surface area contributed by atoms with Crippen molar-refractivity contribution in [3.63, 3.8) is 0 Å². The number of hydrogen-bond donors (Lipinski definition) is 1. The zero-order valence-corrected chi connectivity index (χ0v) is 18.4. The number of nitrogens with zero attached hydrogens (tertiary/aromatic N) is 6. The number of aliphatic hydroxyl groups is 1. The van der Waals surface area contributed by atoms with E-state index in [0.29, 0.717) is 24.4 Å². The Bertz CT molecular complexity index is 1130. The van der Waals surface area contributed by atoms with E-state index in [1.54, 1.807) is 7.05 Å². The Kier molecular flexibility index (Phi) is 5.47. The van der Waals surface area contributed by atoms with Crippen LogP contribution in [0, 0.1) is 5.92 Å². The second-order valence-corrected chi connectivity index (χ2v) is 8.12. The standard InChI is InChI=1S/C21H22N6O2.C2H6/c1-21-11-14(12-28)17(29)10-15(21)8-9-16-18(21)22-19(13-6-4-3-5-7-13)27(16)20-23-25-26(2)24-20;1-2/h3-7,12,15,28H,8-11H2,1-2H3;1-2H3/b14-12-;. The van der Waals surface area contributed by atoms with Crippen LogP contribution in [0.2, 0.25) is 0 Å². The van der Waals surface area contributed by atoms with E-state index in [1.807, 2.05) is 48.7 Å². The summed E-state index contributed by atoms with van der Waals surface area (Å²) in [5.41, 5.74) is 3.14. The van der Waals surface area contributed by atoms with Gasteiger partial charge in [0, 0.05) is 23.0 Å². The number of hydrogen-bond acceptors (Lipinski definition) is 6. The first-order valence-electron chi connectivity index (χ1n) is 10.8. The van der Waals surface area contributed by atoms with Crippen LogP contribution in [0.3, 0.4) is 0 Å². The number of fused-ring (bicyclic) bond motifs is 3. The van der Waals surface area contributed by atoms with Crippen molar-refractivity contribution in [2.75, 3.05) is 0 Å². The number of aliphatic hydroxyl groups excluding tert-OH is 1. The molecule has 2 unspecified atom stereocenters. The van der Waals surface area contributed by atoms with Crippen molar-refractivity contribution in [2.24, 2.45) is 13.0 Å². The summed E-state index contributed by atoms with van der Waals surface area (Å²) in [7, 11) is 1.74. The van der Waals surface area contributed by atoms with Crippen LogP contribution in [0.15, 0.2) is 42.2 Å². The van der Waals surface area contributed by atoms with E-state index < -0.39 is 0 Å². The molecule has 3 aromatic rings. The molecule has 0 amide bonds. The summed E-state index contributed by atoms with van der Waals surface area (Å²) in [6, 6.07) is 9.97. The molecule has 0 spiro atoms. The van der Waals surface area contributed by atoms with Crippen molar-refractivity contribution in [3.05, 3.63) is 53.6 Å². The van der Waals surface area contributed by atoms with Crippen molar-refractivity contribution in [3.8, 4) is 17.3 Å². The number of carbonyl (C=O) groups excluding carboxylic acids is 1. The maximum Gasteiger partial charge on any atom is 0.276 e. The molecule has 1 fully saturated rings. The van der Waals surface area contributed by atoms with Gasteiger partial charge in [0.25, 0.3) is 5.95 Å². The Balaban J connectivity index is 0.00000112. The summed E-state index contributed by atoms with van der Waals surface area (Å²) in [6.45, 7) is 6.15. The molecular formula is C23H28N6O2. The maximum atomic E-state index is 12.4. The van der Waals surface area contributed by atoms with E-state index in [4.69, 9.17) is 4.98 Å². The molecule has 2 aromatic heterocycles. The number of allylic oxidation sites excluding steroid dienone is 1. The number of carbonyl (C=O) groups is 1. The number of rotatable bonds is 2. The molecule has 2 atom stereocenters. The van der Waals surface area contributed by atoms with Gasteiger partial charge in [0.05, 0.1) is 24.7 Å². The predicted octanol–water partition coefficient (Wildman–Crippen LogP) is 3.71. The predicted molar refractivity (Wildman–Crippen MR) is 117 cm³/mol. The summed E-state index contributed by atoms with van der Waals surface area (Å²) in [5.74, 6) is 1.51. The zero-order valence-electron chi connectivity index (χ0n) is 18.4. The maximum absolute atomic E-state index is 12.4. The van der Waals surface area contributed by atoms with Crippen LogP contribution in [-0.4, -0.2) is 40.6 Å². The molecular weight excluding hydrogens is 392 g/mol. The highest BCUT2D eigenvalue weighted by Crippen LogP contribution is 2.51. The Morgan fingerprint density at radius 1 is 1.23 bits per heavy atom. The molecule has 2 aliphatic carbocycles. The molecule has 31 heavy (non-hydrogen) atoms. The summed E-state index contributed by atoms with van der Waals surface area (Å²) in [5, 5.41) is 22.3. The second-order valence-electron chi connectivity index (χ2n) is 8.12. The largest absolute Gasteiger partial charge is 0.515 e. The SMILES string of the molecule is CC.Cn1nnc(-n2c(-c3ccccc3)nc3c2CCC2CC(=O)/C(=C\O)CC32C)n1. The van der Waals surface area contributed by atoms with Crippen LogP contribution in [0.25, 0.3) is 17.3 Å². The number of benzene rings is 1. The number of ketones is 1. The highest BCUT2D eigenvalue weighted by Gasteiger charge is 2.49. The van der Waals surface area contributed by atoms with E-state index in [-0.39, 0.29) is 17.1 Å². The highest BCUT2D eigenvalue weighted by molar-refractivity contribution is 5.96. The fourth-order valence-electron chi connectivity index (χ4n) is 4.85. The summed E-state index contributed by atoms with van der Waals surface area (Å²) < 4.78 is 2.00. The quantitative estimate of drug-likeness (QED) is 0.501. The fourth-order valence-corrected chi connectivity index (χ4v) is 4.85. The van der Waals surface area contributed by atoms with Gasteiger partial charge >= 0.3 is 0 Å². The van der Waals surface area contributed by atoms with Gasteiger partial charge in [-0.3, -0.25) is 9.36 Å². The molecule has 0 saturated heterocycles.